The summed E-state index contributed by atoms with van der Waals surface area (Å²) in [5.41, 5.74) is 3.49. The molecule has 0 spiro atoms. The number of amides is 1. The van der Waals surface area contributed by atoms with Gasteiger partial charge in [-0.3, -0.25) is 9.78 Å². The van der Waals surface area contributed by atoms with Gasteiger partial charge in [0.2, 0.25) is 0 Å². The summed E-state index contributed by atoms with van der Waals surface area (Å²) in [4.78, 5) is 17.2. The molecule has 0 saturated carbocycles. The third-order valence-corrected chi connectivity index (χ3v) is 4.67. The van der Waals surface area contributed by atoms with Gasteiger partial charge in [-0.1, -0.05) is 35.5 Å². The highest BCUT2D eigenvalue weighted by atomic mass is 16.5. The van der Waals surface area contributed by atoms with Gasteiger partial charge in [0.15, 0.2) is 5.69 Å². The van der Waals surface area contributed by atoms with Crippen LogP contribution in [0.15, 0.2) is 60.8 Å². The summed E-state index contributed by atoms with van der Waals surface area (Å²) in [5, 5.41) is 12.2. The lowest BCUT2D eigenvalue weighted by atomic mass is 10.2. The minimum absolute atomic E-state index is 0.0936. The molecule has 2 heterocycles. The highest BCUT2D eigenvalue weighted by Crippen LogP contribution is 2.21. The summed E-state index contributed by atoms with van der Waals surface area (Å²) < 4.78 is 7.36. The molecular weight excluding hydrogens is 378 g/mol. The van der Waals surface area contributed by atoms with Crippen LogP contribution in [-0.2, 0) is 6.54 Å². The van der Waals surface area contributed by atoms with Gasteiger partial charge >= 0.3 is 0 Å². The van der Waals surface area contributed by atoms with Crippen LogP contribution in [0.2, 0.25) is 0 Å². The Morgan fingerprint density at radius 1 is 1.13 bits per heavy atom. The number of carbonyl (C=O) groups excluding carboxylic acids is 1. The standard InChI is InChI=1S/C23H23N5O2/c1-15(2)30-19-10-4-7-17(13-19)14-25-23(29)21-16(3)28(27-26-21)20-11-5-8-18-9-6-12-24-22(18)20/h4-13,15H,14H2,1-3H3,(H,25,29). The fraction of sp³-hybridized carbons (Fsp3) is 0.217. The number of hydrogen-bond acceptors (Lipinski definition) is 5. The lowest BCUT2D eigenvalue weighted by Gasteiger charge is -2.11. The smallest absolute Gasteiger partial charge is 0.274 e. The number of nitrogens with zero attached hydrogens (tertiary/aromatic N) is 4. The molecule has 4 rings (SSSR count). The summed E-state index contributed by atoms with van der Waals surface area (Å²) in [7, 11) is 0. The molecule has 30 heavy (non-hydrogen) atoms. The average Bonchev–Trinajstić information content (AvgIpc) is 3.12. The molecule has 7 heteroatoms. The molecule has 0 fully saturated rings. The summed E-state index contributed by atoms with van der Waals surface area (Å²) in [5.74, 6) is 0.504. The van der Waals surface area contributed by atoms with E-state index in [1.165, 1.54) is 0 Å². The van der Waals surface area contributed by atoms with Gasteiger partial charge in [0.05, 0.1) is 23.0 Å². The summed E-state index contributed by atoms with van der Waals surface area (Å²) in [6, 6.07) is 17.4. The molecular formula is C23H23N5O2. The fourth-order valence-corrected chi connectivity index (χ4v) is 3.29. The Balaban J connectivity index is 1.53. The van der Waals surface area contributed by atoms with Gasteiger partial charge in [-0.25, -0.2) is 4.68 Å². The molecule has 0 aliphatic rings. The summed E-state index contributed by atoms with van der Waals surface area (Å²) >= 11 is 0. The maximum absolute atomic E-state index is 12.7. The summed E-state index contributed by atoms with van der Waals surface area (Å²) in [6.45, 7) is 6.15. The molecule has 0 saturated heterocycles. The Hall–Kier alpha value is -3.74. The van der Waals surface area contributed by atoms with Crippen LogP contribution in [0.1, 0.15) is 35.6 Å². The largest absolute Gasteiger partial charge is 0.491 e. The topological polar surface area (TPSA) is 81.9 Å². The number of pyridine rings is 1. The molecule has 2 aromatic heterocycles. The second-order valence-corrected chi connectivity index (χ2v) is 7.28. The van der Waals surface area contributed by atoms with Gasteiger partial charge < -0.3 is 10.1 Å². The number of para-hydroxylation sites is 1. The number of hydrogen-bond donors (Lipinski definition) is 1. The zero-order valence-electron chi connectivity index (χ0n) is 17.2. The van der Waals surface area contributed by atoms with Gasteiger partial charge in [0.1, 0.15) is 5.75 Å². The van der Waals surface area contributed by atoms with Crippen LogP contribution in [0, 0.1) is 6.92 Å². The SMILES string of the molecule is Cc1c(C(=O)NCc2cccc(OC(C)C)c2)nnn1-c1cccc2cccnc12. The van der Waals surface area contributed by atoms with E-state index >= 15 is 0 Å². The lowest BCUT2D eigenvalue weighted by molar-refractivity contribution is 0.0945. The third-order valence-electron chi connectivity index (χ3n) is 4.67. The van der Waals surface area contributed by atoms with Crippen molar-refractivity contribution in [2.75, 3.05) is 0 Å². The van der Waals surface area contributed by atoms with Crippen LogP contribution in [0.3, 0.4) is 0 Å². The predicted octanol–water partition coefficient (Wildman–Crippen LogP) is 3.84. The van der Waals surface area contributed by atoms with Crippen molar-refractivity contribution < 1.29 is 9.53 Å². The van der Waals surface area contributed by atoms with Gasteiger partial charge in [0.25, 0.3) is 5.91 Å². The third kappa shape index (κ3) is 4.00. The van der Waals surface area contributed by atoms with Crippen LogP contribution >= 0.6 is 0 Å². The molecule has 0 radical (unpaired) electrons. The first kappa shape index (κ1) is 19.6. The molecule has 2 aromatic carbocycles. The molecule has 152 valence electrons. The Kier molecular flexibility index (Phi) is 5.43. The van der Waals surface area contributed by atoms with Crippen molar-refractivity contribution in [3.05, 3.63) is 77.7 Å². The van der Waals surface area contributed by atoms with Gasteiger partial charge in [0, 0.05) is 18.1 Å². The molecule has 0 atom stereocenters. The molecule has 0 aliphatic heterocycles. The highest BCUT2D eigenvalue weighted by Gasteiger charge is 2.18. The highest BCUT2D eigenvalue weighted by molar-refractivity contribution is 5.93. The minimum atomic E-state index is -0.276. The van der Waals surface area contributed by atoms with Gasteiger partial charge in [-0.05, 0) is 50.6 Å². The minimum Gasteiger partial charge on any atom is -0.491 e. The molecule has 4 aromatic rings. The van der Waals surface area contributed by atoms with Crippen LogP contribution in [0.5, 0.6) is 5.75 Å². The average molecular weight is 401 g/mol. The van der Waals surface area contributed by atoms with Crippen LogP contribution in [0.4, 0.5) is 0 Å². The number of nitrogens with one attached hydrogen (secondary N) is 1. The van der Waals surface area contributed by atoms with E-state index in [2.05, 4.69) is 20.6 Å². The second kappa shape index (κ2) is 8.32. The maximum atomic E-state index is 12.7. The van der Waals surface area contributed by atoms with Crippen molar-refractivity contribution in [2.24, 2.45) is 0 Å². The first-order valence-corrected chi connectivity index (χ1v) is 9.83. The van der Waals surface area contributed by atoms with Crippen LogP contribution < -0.4 is 10.1 Å². The quantitative estimate of drug-likeness (QED) is 0.531. The Bertz CT molecular complexity index is 1190. The van der Waals surface area contributed by atoms with E-state index in [-0.39, 0.29) is 17.7 Å². The zero-order chi connectivity index (χ0) is 21.1. The number of aromatic nitrogens is 4. The summed E-state index contributed by atoms with van der Waals surface area (Å²) in [6.07, 6.45) is 1.83. The molecule has 0 bridgehead atoms. The zero-order valence-corrected chi connectivity index (χ0v) is 17.2. The van der Waals surface area contributed by atoms with E-state index in [4.69, 9.17) is 4.74 Å². The van der Waals surface area contributed by atoms with E-state index < -0.39 is 0 Å². The van der Waals surface area contributed by atoms with E-state index in [1.54, 1.807) is 10.9 Å². The van der Waals surface area contributed by atoms with E-state index in [1.807, 2.05) is 75.4 Å². The van der Waals surface area contributed by atoms with E-state index in [9.17, 15) is 4.79 Å². The van der Waals surface area contributed by atoms with Gasteiger partial charge in [-0.2, -0.15) is 0 Å². The Morgan fingerprint density at radius 3 is 2.77 bits per heavy atom. The van der Waals surface area contributed by atoms with Crippen molar-refractivity contribution in [3.63, 3.8) is 0 Å². The van der Waals surface area contributed by atoms with Crippen molar-refractivity contribution in [1.82, 2.24) is 25.3 Å². The van der Waals surface area contributed by atoms with E-state index in [0.717, 1.165) is 27.9 Å². The molecule has 1 amide bonds. The first-order valence-electron chi connectivity index (χ1n) is 9.83. The molecule has 7 nitrogen and oxygen atoms in total. The predicted molar refractivity (Wildman–Crippen MR) is 115 cm³/mol. The number of carbonyl (C=O) groups is 1. The number of rotatable bonds is 6. The fourth-order valence-electron chi connectivity index (χ4n) is 3.29. The first-order chi connectivity index (χ1) is 14.5. The van der Waals surface area contributed by atoms with Crippen LogP contribution in [-0.4, -0.2) is 32.0 Å². The van der Waals surface area contributed by atoms with Crippen molar-refractivity contribution in [3.8, 4) is 11.4 Å². The Labute approximate surface area is 174 Å². The second-order valence-electron chi connectivity index (χ2n) is 7.28. The Morgan fingerprint density at radius 2 is 1.93 bits per heavy atom. The number of ether oxygens (including phenoxy) is 1. The lowest BCUT2D eigenvalue weighted by Crippen LogP contribution is -2.24. The normalized spacial score (nSPS) is 11.1. The monoisotopic (exact) mass is 401 g/mol. The van der Waals surface area contributed by atoms with E-state index in [0.29, 0.717) is 12.2 Å². The van der Waals surface area contributed by atoms with Crippen molar-refractivity contribution in [1.29, 1.82) is 0 Å². The molecule has 0 aliphatic carbocycles. The van der Waals surface area contributed by atoms with Crippen molar-refractivity contribution >= 4 is 16.8 Å². The maximum Gasteiger partial charge on any atom is 0.274 e. The molecule has 1 N–H and O–H groups in total. The van der Waals surface area contributed by atoms with Gasteiger partial charge in [-0.15, -0.1) is 5.10 Å². The van der Waals surface area contributed by atoms with Crippen LogP contribution in [0.25, 0.3) is 16.6 Å². The molecule has 0 unspecified atom stereocenters. The van der Waals surface area contributed by atoms with Crippen molar-refractivity contribution in [2.45, 2.75) is 33.4 Å². The number of fused-ring (bicyclic) bond motifs is 1. The number of benzene rings is 2.